The monoisotopic (exact) mass is 552 g/mol. The van der Waals surface area contributed by atoms with Crippen LogP contribution in [-0.4, -0.2) is 65.4 Å². The second-order valence-corrected chi connectivity index (χ2v) is 10.7. The molecule has 0 radical (unpaired) electrons. The van der Waals surface area contributed by atoms with E-state index in [1.54, 1.807) is 31.3 Å². The summed E-state index contributed by atoms with van der Waals surface area (Å²) in [5.41, 5.74) is 5.01. The average molecular weight is 553 g/mol. The molecule has 208 valence electrons. The van der Waals surface area contributed by atoms with Gasteiger partial charge in [0.15, 0.2) is 0 Å². The summed E-state index contributed by atoms with van der Waals surface area (Å²) < 4.78 is 30.2. The molecule has 6 rings (SSSR count). The maximum absolute atomic E-state index is 15.6. The van der Waals surface area contributed by atoms with Crippen LogP contribution in [0.4, 0.5) is 20.4 Å². The molecule has 1 fully saturated rings. The van der Waals surface area contributed by atoms with E-state index in [0.29, 0.717) is 57.9 Å². The number of aromatic nitrogens is 2. The van der Waals surface area contributed by atoms with Crippen molar-refractivity contribution in [3.63, 3.8) is 0 Å². The van der Waals surface area contributed by atoms with Crippen LogP contribution in [-0.2, 0) is 6.54 Å². The Balaban J connectivity index is 1.22. The minimum atomic E-state index is -1.11. The smallest absolute Gasteiger partial charge is 0.255 e. The van der Waals surface area contributed by atoms with Gasteiger partial charge in [0.25, 0.3) is 5.91 Å². The van der Waals surface area contributed by atoms with Crippen LogP contribution in [0.3, 0.4) is 0 Å². The lowest BCUT2D eigenvalue weighted by Gasteiger charge is -2.45. The molecule has 2 aliphatic heterocycles. The number of carbonyl (C=O) groups excluding carboxylic acids is 1. The predicted octanol–water partition coefficient (Wildman–Crippen LogP) is 4.91. The fourth-order valence-corrected chi connectivity index (χ4v) is 5.49. The Morgan fingerprint density at radius 2 is 1.95 bits per heavy atom. The standard InChI is InChI=1S/C32H30F2N6O/c1-19-4-6-22(14-21(19)7-5-20-12-27(33)26-16-36-32(35-2)38-28(26)13-20)31(41)37-24-9-8-23-17-40-11-10-39(3)18-29(40)30(34)25(23)15-24/h4,6,8-9,12-16,29-30H,10-11,17-18H2,1-3H3,(H,37,41)(H,35,36,38)/t29-,30?/m1/s1. The number of nitrogens with one attached hydrogen (secondary N) is 2. The number of carbonyl (C=O) groups is 1. The van der Waals surface area contributed by atoms with Gasteiger partial charge in [0.1, 0.15) is 12.0 Å². The van der Waals surface area contributed by atoms with E-state index in [0.717, 1.165) is 24.2 Å². The summed E-state index contributed by atoms with van der Waals surface area (Å²) in [6.07, 6.45) is 0.322. The van der Waals surface area contributed by atoms with Gasteiger partial charge in [-0.05, 0) is 67.1 Å². The van der Waals surface area contributed by atoms with E-state index in [4.69, 9.17) is 0 Å². The zero-order chi connectivity index (χ0) is 28.7. The summed E-state index contributed by atoms with van der Waals surface area (Å²) in [6, 6.07) is 13.6. The molecule has 1 unspecified atom stereocenters. The highest BCUT2D eigenvalue weighted by atomic mass is 19.1. The molecule has 41 heavy (non-hydrogen) atoms. The van der Waals surface area contributed by atoms with E-state index in [9.17, 15) is 9.18 Å². The summed E-state index contributed by atoms with van der Waals surface area (Å²) in [6.45, 7) is 5.07. The summed E-state index contributed by atoms with van der Waals surface area (Å²) in [4.78, 5) is 25.9. The Labute approximate surface area is 237 Å². The Bertz CT molecular complexity index is 1730. The van der Waals surface area contributed by atoms with E-state index in [2.05, 4.69) is 42.2 Å². The second kappa shape index (κ2) is 10.9. The number of fused-ring (bicyclic) bond motifs is 3. The number of alkyl halides is 1. The van der Waals surface area contributed by atoms with Gasteiger partial charge in [-0.3, -0.25) is 9.69 Å². The quantitative estimate of drug-likeness (QED) is 0.352. The van der Waals surface area contributed by atoms with Crippen LogP contribution >= 0.6 is 0 Å². The van der Waals surface area contributed by atoms with Crippen molar-refractivity contribution in [2.45, 2.75) is 25.7 Å². The first-order valence-corrected chi connectivity index (χ1v) is 13.6. The van der Waals surface area contributed by atoms with Crippen molar-refractivity contribution < 1.29 is 13.6 Å². The highest BCUT2D eigenvalue weighted by Gasteiger charge is 2.38. The van der Waals surface area contributed by atoms with Gasteiger partial charge in [-0.2, -0.15) is 0 Å². The van der Waals surface area contributed by atoms with E-state index in [-0.39, 0.29) is 11.9 Å². The average Bonchev–Trinajstić information content (AvgIpc) is 2.97. The van der Waals surface area contributed by atoms with Crippen molar-refractivity contribution in [2.24, 2.45) is 0 Å². The minimum Gasteiger partial charge on any atom is -0.357 e. The maximum Gasteiger partial charge on any atom is 0.255 e. The van der Waals surface area contributed by atoms with Crippen LogP contribution < -0.4 is 10.6 Å². The normalized spacial score (nSPS) is 18.7. The molecule has 7 nitrogen and oxygen atoms in total. The van der Waals surface area contributed by atoms with Crippen LogP contribution in [0, 0.1) is 24.6 Å². The number of hydrogen-bond donors (Lipinski definition) is 2. The molecule has 3 heterocycles. The lowest BCUT2D eigenvalue weighted by molar-refractivity contribution is 0.0201. The molecule has 9 heteroatoms. The van der Waals surface area contributed by atoms with Gasteiger partial charge in [-0.1, -0.05) is 24.0 Å². The molecule has 0 aliphatic carbocycles. The number of piperazine rings is 1. The van der Waals surface area contributed by atoms with Gasteiger partial charge in [-0.15, -0.1) is 0 Å². The van der Waals surface area contributed by atoms with Crippen molar-refractivity contribution in [1.82, 2.24) is 19.8 Å². The zero-order valence-corrected chi connectivity index (χ0v) is 23.1. The topological polar surface area (TPSA) is 73.4 Å². The molecule has 0 bridgehead atoms. The highest BCUT2D eigenvalue weighted by Crippen LogP contribution is 2.37. The van der Waals surface area contributed by atoms with Gasteiger partial charge in [0, 0.05) is 61.8 Å². The predicted molar refractivity (Wildman–Crippen MR) is 156 cm³/mol. The largest absolute Gasteiger partial charge is 0.357 e. The molecule has 3 aromatic carbocycles. The minimum absolute atomic E-state index is 0.181. The number of halogens is 2. The third-order valence-corrected chi connectivity index (χ3v) is 7.86. The Morgan fingerprint density at radius 1 is 1.10 bits per heavy atom. The third-order valence-electron chi connectivity index (χ3n) is 7.86. The fraction of sp³-hybridized carbons (Fsp3) is 0.281. The third kappa shape index (κ3) is 5.36. The van der Waals surface area contributed by atoms with E-state index in [1.165, 1.54) is 12.3 Å². The first-order chi connectivity index (χ1) is 19.8. The van der Waals surface area contributed by atoms with Crippen molar-refractivity contribution in [2.75, 3.05) is 44.4 Å². The molecule has 2 atom stereocenters. The molecular weight excluding hydrogens is 522 g/mol. The molecule has 2 N–H and O–H groups in total. The Morgan fingerprint density at radius 3 is 2.78 bits per heavy atom. The van der Waals surface area contributed by atoms with Gasteiger partial charge in [-0.25, -0.2) is 18.7 Å². The van der Waals surface area contributed by atoms with Crippen LogP contribution in [0.2, 0.25) is 0 Å². The second-order valence-electron chi connectivity index (χ2n) is 10.7. The van der Waals surface area contributed by atoms with Crippen molar-refractivity contribution in [1.29, 1.82) is 0 Å². The van der Waals surface area contributed by atoms with Crippen LogP contribution in [0.1, 0.15) is 44.3 Å². The van der Waals surface area contributed by atoms with Crippen LogP contribution in [0.5, 0.6) is 0 Å². The molecule has 4 aromatic rings. The van der Waals surface area contributed by atoms with Gasteiger partial charge < -0.3 is 15.5 Å². The van der Waals surface area contributed by atoms with E-state index >= 15 is 4.39 Å². The number of aryl methyl sites for hydroxylation is 1. The van der Waals surface area contributed by atoms with Crippen molar-refractivity contribution in [3.8, 4) is 11.8 Å². The molecule has 0 spiro atoms. The molecular formula is C32H30F2N6O. The molecule has 2 aliphatic rings. The SMILES string of the molecule is CNc1ncc2c(F)cc(C#Cc3cc(C(=O)Nc4ccc5c(c4)C(F)[C@H]4CN(C)CCN4C5)ccc3C)cc2n1. The Kier molecular flexibility index (Phi) is 7.12. The molecule has 1 aromatic heterocycles. The summed E-state index contributed by atoms with van der Waals surface area (Å²) in [5.74, 6) is 5.69. The summed E-state index contributed by atoms with van der Waals surface area (Å²) >= 11 is 0. The fourth-order valence-electron chi connectivity index (χ4n) is 5.49. The number of anilines is 2. The molecule has 1 saturated heterocycles. The number of likely N-dealkylation sites (N-methyl/N-ethyl adjacent to an activating group) is 1. The van der Waals surface area contributed by atoms with Gasteiger partial charge in [0.05, 0.1) is 16.9 Å². The number of nitrogens with zero attached hydrogens (tertiary/aromatic N) is 4. The highest BCUT2D eigenvalue weighted by molar-refractivity contribution is 6.04. The number of amides is 1. The summed E-state index contributed by atoms with van der Waals surface area (Å²) in [7, 11) is 3.71. The maximum atomic E-state index is 15.6. The van der Waals surface area contributed by atoms with Crippen LogP contribution in [0.15, 0.2) is 54.7 Å². The lowest BCUT2D eigenvalue weighted by atomic mass is 9.90. The Hall–Kier alpha value is -4.39. The first kappa shape index (κ1) is 26.8. The number of hydrogen-bond acceptors (Lipinski definition) is 6. The van der Waals surface area contributed by atoms with Crippen molar-refractivity contribution >= 4 is 28.4 Å². The zero-order valence-electron chi connectivity index (χ0n) is 23.1. The summed E-state index contributed by atoms with van der Waals surface area (Å²) in [5, 5.41) is 6.08. The van der Waals surface area contributed by atoms with Crippen LogP contribution in [0.25, 0.3) is 10.9 Å². The first-order valence-electron chi connectivity index (χ1n) is 13.6. The molecule has 0 saturated carbocycles. The number of benzene rings is 3. The van der Waals surface area contributed by atoms with E-state index < -0.39 is 12.0 Å². The van der Waals surface area contributed by atoms with Gasteiger partial charge >= 0.3 is 0 Å². The van der Waals surface area contributed by atoms with Gasteiger partial charge in [0.2, 0.25) is 5.95 Å². The lowest BCUT2D eigenvalue weighted by Crippen LogP contribution is -2.55. The molecule has 1 amide bonds. The van der Waals surface area contributed by atoms with E-state index in [1.807, 2.05) is 32.2 Å². The van der Waals surface area contributed by atoms with Crippen molar-refractivity contribution in [3.05, 3.63) is 93.9 Å². The number of rotatable bonds is 3.